The smallest absolute Gasteiger partial charge is 0.254 e. The minimum Gasteiger partial charge on any atom is -0.353 e. The van der Waals surface area contributed by atoms with E-state index in [0.717, 1.165) is 55.8 Å². The van der Waals surface area contributed by atoms with Gasteiger partial charge in [0.2, 0.25) is 5.91 Å². The molecule has 0 spiro atoms. The molecule has 3 unspecified atom stereocenters. The van der Waals surface area contributed by atoms with Crippen LogP contribution < -0.4 is 5.32 Å². The van der Waals surface area contributed by atoms with Gasteiger partial charge in [0.15, 0.2) is 5.65 Å². The van der Waals surface area contributed by atoms with Crippen molar-refractivity contribution in [2.45, 2.75) is 52.7 Å². The second kappa shape index (κ2) is 11.7. The summed E-state index contributed by atoms with van der Waals surface area (Å²) in [6.07, 6.45) is 2.66. The molecule has 3 atom stereocenters. The lowest BCUT2D eigenvalue weighted by molar-refractivity contribution is -0.130. The first-order valence-electron chi connectivity index (χ1n) is 14.5. The van der Waals surface area contributed by atoms with E-state index in [-0.39, 0.29) is 35.7 Å². The number of hydrogen-bond acceptors (Lipinski definition) is 6. The third kappa shape index (κ3) is 5.90. The van der Waals surface area contributed by atoms with Gasteiger partial charge in [-0.2, -0.15) is 5.10 Å². The first kappa shape index (κ1) is 28.2. The Kier molecular flexibility index (Phi) is 8.24. The van der Waals surface area contributed by atoms with Crippen LogP contribution in [0.5, 0.6) is 0 Å². The van der Waals surface area contributed by atoms with Crippen LogP contribution in [0.3, 0.4) is 0 Å². The number of nitrogens with one attached hydrogen (secondary N) is 1. The summed E-state index contributed by atoms with van der Waals surface area (Å²) in [5, 5.41) is 8.37. The molecule has 2 saturated heterocycles. The SMILES string of the molecule is CC1CC(C)C(CN(C)C(=O)c2cc(-c3cccc(CN4CCN(C)CC4)c3)nc3c2cnn3C(C)C)C(=O)N1. The molecular weight excluding hydrogens is 502 g/mol. The topological polar surface area (TPSA) is 86.6 Å². The Bertz CT molecular complexity index is 1380. The standard InChI is InChI=1S/C31H43N7O2/c1-20(2)38-29-26(17-32-38)25(31(40)36(6)19-27-21(3)14-22(4)33-30(27)39)16-28(34-29)24-9-7-8-23(15-24)18-37-12-10-35(5)11-13-37/h7-9,15-17,20-22,27H,10-14,18-19H2,1-6H3,(H,33,39). The molecule has 214 valence electrons. The number of piperidine rings is 1. The average Bonchev–Trinajstić information content (AvgIpc) is 3.35. The van der Waals surface area contributed by atoms with Crippen LogP contribution in [-0.4, -0.2) is 94.1 Å². The predicted molar refractivity (Wildman–Crippen MR) is 158 cm³/mol. The number of nitrogens with zero attached hydrogens (tertiary/aromatic N) is 6. The van der Waals surface area contributed by atoms with E-state index < -0.39 is 0 Å². The first-order valence-corrected chi connectivity index (χ1v) is 14.5. The largest absolute Gasteiger partial charge is 0.353 e. The molecule has 2 aliphatic heterocycles. The Balaban J connectivity index is 1.46. The van der Waals surface area contributed by atoms with Crippen LogP contribution in [0.4, 0.5) is 0 Å². The summed E-state index contributed by atoms with van der Waals surface area (Å²) in [4.78, 5) is 38.3. The van der Waals surface area contributed by atoms with Crippen molar-refractivity contribution in [1.29, 1.82) is 0 Å². The molecule has 9 nitrogen and oxygen atoms in total. The van der Waals surface area contributed by atoms with Gasteiger partial charge in [-0.05, 0) is 57.9 Å². The number of carbonyl (C=O) groups is 2. The fourth-order valence-electron chi connectivity index (χ4n) is 6.05. The number of fused-ring (bicyclic) bond motifs is 1. The van der Waals surface area contributed by atoms with E-state index in [9.17, 15) is 9.59 Å². The van der Waals surface area contributed by atoms with Crippen LogP contribution in [0.25, 0.3) is 22.3 Å². The van der Waals surface area contributed by atoms with Gasteiger partial charge in [0, 0.05) is 64.0 Å². The van der Waals surface area contributed by atoms with Crippen molar-refractivity contribution in [1.82, 2.24) is 34.8 Å². The lowest BCUT2D eigenvalue weighted by Gasteiger charge is -2.34. The van der Waals surface area contributed by atoms with Gasteiger partial charge in [-0.1, -0.05) is 25.1 Å². The Morgan fingerprint density at radius 1 is 1.15 bits per heavy atom. The van der Waals surface area contributed by atoms with Crippen LogP contribution in [0.2, 0.25) is 0 Å². The molecule has 4 heterocycles. The Morgan fingerprint density at radius 2 is 1.90 bits per heavy atom. The molecule has 2 fully saturated rings. The number of aromatic nitrogens is 3. The maximum absolute atomic E-state index is 13.9. The number of hydrogen-bond donors (Lipinski definition) is 1. The van der Waals surface area contributed by atoms with Crippen molar-refractivity contribution >= 4 is 22.8 Å². The van der Waals surface area contributed by atoms with Gasteiger partial charge >= 0.3 is 0 Å². The van der Waals surface area contributed by atoms with E-state index in [2.05, 4.69) is 72.3 Å². The molecule has 9 heteroatoms. The quantitative estimate of drug-likeness (QED) is 0.488. The molecule has 5 rings (SSSR count). The summed E-state index contributed by atoms with van der Waals surface area (Å²) >= 11 is 0. The highest BCUT2D eigenvalue weighted by Gasteiger charge is 2.34. The van der Waals surface area contributed by atoms with E-state index in [1.165, 1.54) is 5.56 Å². The Morgan fingerprint density at radius 3 is 2.60 bits per heavy atom. The molecule has 2 aliphatic rings. The predicted octanol–water partition coefficient (Wildman–Crippen LogP) is 3.66. The number of likely N-dealkylation sites (N-methyl/N-ethyl adjacent to an activating group) is 1. The lowest BCUT2D eigenvalue weighted by atomic mass is 9.84. The van der Waals surface area contributed by atoms with E-state index in [0.29, 0.717) is 17.8 Å². The van der Waals surface area contributed by atoms with Crippen LogP contribution in [-0.2, 0) is 11.3 Å². The van der Waals surface area contributed by atoms with Crippen molar-refractivity contribution in [2.24, 2.45) is 11.8 Å². The fourth-order valence-corrected chi connectivity index (χ4v) is 6.05. The van der Waals surface area contributed by atoms with Crippen molar-refractivity contribution in [3.05, 3.63) is 47.7 Å². The lowest BCUT2D eigenvalue weighted by Crippen LogP contribution is -2.50. The van der Waals surface area contributed by atoms with Crippen molar-refractivity contribution in [3.8, 4) is 11.3 Å². The third-order valence-corrected chi connectivity index (χ3v) is 8.47. The Hall–Kier alpha value is -3.30. The average molecular weight is 546 g/mol. The number of piperazine rings is 1. The van der Waals surface area contributed by atoms with Gasteiger partial charge in [0.05, 0.1) is 28.8 Å². The van der Waals surface area contributed by atoms with Crippen LogP contribution >= 0.6 is 0 Å². The summed E-state index contributed by atoms with van der Waals surface area (Å²) < 4.78 is 1.88. The summed E-state index contributed by atoms with van der Waals surface area (Å²) in [6, 6.07) is 10.6. The minimum absolute atomic E-state index is 0.0243. The van der Waals surface area contributed by atoms with Gasteiger partial charge in [-0.25, -0.2) is 9.67 Å². The highest BCUT2D eigenvalue weighted by atomic mass is 16.2. The second-order valence-electron chi connectivity index (χ2n) is 12.2. The fraction of sp³-hybridized carbons (Fsp3) is 0.548. The maximum atomic E-state index is 13.9. The van der Waals surface area contributed by atoms with Crippen molar-refractivity contribution in [3.63, 3.8) is 0 Å². The van der Waals surface area contributed by atoms with Crippen molar-refractivity contribution < 1.29 is 9.59 Å². The normalized spacial score (nSPS) is 22.6. The highest BCUT2D eigenvalue weighted by molar-refractivity contribution is 6.06. The highest BCUT2D eigenvalue weighted by Crippen LogP contribution is 2.29. The van der Waals surface area contributed by atoms with Crippen LogP contribution in [0, 0.1) is 11.8 Å². The van der Waals surface area contributed by atoms with Gasteiger partial charge in [-0.3, -0.25) is 14.5 Å². The third-order valence-electron chi connectivity index (χ3n) is 8.47. The first-order chi connectivity index (χ1) is 19.1. The molecule has 2 aromatic heterocycles. The monoisotopic (exact) mass is 545 g/mol. The summed E-state index contributed by atoms with van der Waals surface area (Å²) in [5.41, 5.74) is 4.24. The summed E-state index contributed by atoms with van der Waals surface area (Å²) in [6.45, 7) is 13.8. The number of benzene rings is 1. The minimum atomic E-state index is -0.230. The van der Waals surface area contributed by atoms with Crippen LogP contribution in [0.1, 0.15) is 56.1 Å². The number of pyridine rings is 1. The molecule has 0 saturated carbocycles. The van der Waals surface area contributed by atoms with E-state index >= 15 is 0 Å². The van der Waals surface area contributed by atoms with Crippen molar-refractivity contribution in [2.75, 3.05) is 46.8 Å². The second-order valence-corrected chi connectivity index (χ2v) is 12.2. The molecule has 1 aromatic carbocycles. The molecule has 2 amide bonds. The summed E-state index contributed by atoms with van der Waals surface area (Å²) in [7, 11) is 3.96. The molecular formula is C31H43N7O2. The Labute approximate surface area is 237 Å². The molecule has 40 heavy (non-hydrogen) atoms. The van der Waals surface area contributed by atoms with E-state index in [1.807, 2.05) is 17.7 Å². The summed E-state index contributed by atoms with van der Waals surface area (Å²) in [5.74, 6) is -0.120. The van der Waals surface area contributed by atoms with E-state index in [4.69, 9.17) is 4.98 Å². The van der Waals surface area contributed by atoms with Gasteiger partial charge in [0.25, 0.3) is 5.91 Å². The zero-order valence-corrected chi connectivity index (χ0v) is 24.7. The number of amides is 2. The molecule has 0 aliphatic carbocycles. The molecule has 0 radical (unpaired) electrons. The van der Waals surface area contributed by atoms with Crippen LogP contribution in [0.15, 0.2) is 36.5 Å². The zero-order valence-electron chi connectivity index (χ0n) is 24.7. The van der Waals surface area contributed by atoms with Gasteiger partial charge in [0.1, 0.15) is 0 Å². The number of rotatable bonds is 7. The number of carbonyl (C=O) groups excluding carboxylic acids is 2. The van der Waals surface area contributed by atoms with Gasteiger partial charge < -0.3 is 15.1 Å². The molecule has 1 N–H and O–H groups in total. The molecule has 3 aromatic rings. The maximum Gasteiger partial charge on any atom is 0.254 e. The van der Waals surface area contributed by atoms with E-state index in [1.54, 1.807) is 18.1 Å². The zero-order chi connectivity index (χ0) is 28.6. The van der Waals surface area contributed by atoms with Gasteiger partial charge in [-0.15, -0.1) is 0 Å². The molecule has 0 bridgehead atoms.